The summed E-state index contributed by atoms with van der Waals surface area (Å²) in [5.74, 6) is 0.224. The van der Waals surface area contributed by atoms with Crippen molar-refractivity contribution in [1.82, 2.24) is 16.2 Å². The van der Waals surface area contributed by atoms with Crippen molar-refractivity contribution in [1.29, 1.82) is 0 Å². The summed E-state index contributed by atoms with van der Waals surface area (Å²) in [7, 11) is 0. The van der Waals surface area contributed by atoms with Gasteiger partial charge in [-0.25, -0.2) is 0 Å². The predicted octanol–water partition coefficient (Wildman–Crippen LogP) is 3.31. The van der Waals surface area contributed by atoms with Crippen LogP contribution in [-0.2, 0) is 9.59 Å². The smallest absolute Gasteiger partial charge is 0.276 e. The summed E-state index contributed by atoms with van der Waals surface area (Å²) in [6, 6.07) is 11.0. The Balaban J connectivity index is 1.70. The van der Waals surface area contributed by atoms with Crippen LogP contribution in [0.3, 0.4) is 0 Å². The molecule has 0 atom stereocenters. The molecule has 2 aromatic rings. The average molecular weight is 545 g/mol. The van der Waals surface area contributed by atoms with Gasteiger partial charge in [-0.15, -0.1) is 0 Å². The van der Waals surface area contributed by atoms with Crippen LogP contribution in [-0.4, -0.2) is 30.1 Å². The lowest BCUT2D eigenvalue weighted by Gasteiger charge is -2.13. The summed E-state index contributed by atoms with van der Waals surface area (Å²) >= 11 is 11.7. The highest BCUT2D eigenvalue weighted by Gasteiger charge is 2.11. The first-order valence-corrected chi connectivity index (χ1v) is 10.4. The second-order valence-electron chi connectivity index (χ2n) is 5.98. The fourth-order valence-corrected chi connectivity index (χ4v) is 3.94. The summed E-state index contributed by atoms with van der Waals surface area (Å²) < 4.78 is 12.5. The van der Waals surface area contributed by atoms with Gasteiger partial charge in [0.05, 0.1) is 4.47 Å². The molecule has 10 heteroatoms. The molecule has 0 aliphatic heterocycles. The number of aryl methyl sites for hydroxylation is 2. The Morgan fingerprint density at radius 3 is 2.41 bits per heavy atom. The molecule has 0 radical (unpaired) electrons. The highest BCUT2D eigenvalue weighted by atomic mass is 79.9. The summed E-state index contributed by atoms with van der Waals surface area (Å²) in [5.41, 5.74) is 6.68. The second-order valence-corrected chi connectivity index (χ2v) is 8.16. The van der Waals surface area contributed by atoms with Crippen LogP contribution in [0.15, 0.2) is 45.3 Å². The van der Waals surface area contributed by atoms with Crippen molar-refractivity contribution in [3.8, 4) is 11.5 Å². The van der Waals surface area contributed by atoms with Gasteiger partial charge in [-0.2, -0.15) is 0 Å². The fourth-order valence-electron chi connectivity index (χ4n) is 2.22. The van der Waals surface area contributed by atoms with E-state index in [1.54, 1.807) is 6.07 Å². The maximum absolute atomic E-state index is 11.9. The Kier molecular flexibility index (Phi) is 8.87. The number of ether oxygens (including phenoxy) is 2. The molecule has 0 spiro atoms. The molecule has 2 aromatic carbocycles. The lowest BCUT2D eigenvalue weighted by molar-refractivity contribution is -0.124. The van der Waals surface area contributed by atoms with E-state index >= 15 is 0 Å². The predicted molar refractivity (Wildman–Crippen MR) is 121 cm³/mol. The maximum atomic E-state index is 11.9. The largest absolute Gasteiger partial charge is 0.484 e. The zero-order valence-corrected chi connectivity index (χ0v) is 19.7. The Labute approximate surface area is 190 Å². The zero-order chi connectivity index (χ0) is 21.4. The van der Waals surface area contributed by atoms with Crippen molar-refractivity contribution in [3.63, 3.8) is 0 Å². The molecule has 154 valence electrons. The molecule has 0 aromatic heterocycles. The molecule has 0 heterocycles. The number of hydrogen-bond donors (Lipinski definition) is 3. The molecule has 7 nitrogen and oxygen atoms in total. The monoisotopic (exact) mass is 543 g/mol. The molecule has 0 saturated carbocycles. The normalized spacial score (nSPS) is 10.1. The minimum absolute atomic E-state index is 0.0582. The van der Waals surface area contributed by atoms with Crippen molar-refractivity contribution >= 4 is 61.0 Å². The van der Waals surface area contributed by atoms with Crippen LogP contribution < -0.4 is 25.6 Å². The third-order valence-corrected chi connectivity index (χ3v) is 4.72. The minimum Gasteiger partial charge on any atom is -0.484 e. The van der Waals surface area contributed by atoms with Crippen molar-refractivity contribution in [2.45, 2.75) is 13.8 Å². The van der Waals surface area contributed by atoms with Gasteiger partial charge >= 0.3 is 0 Å². The number of benzene rings is 2. The summed E-state index contributed by atoms with van der Waals surface area (Å²) in [6.07, 6.45) is 0. The van der Waals surface area contributed by atoms with E-state index in [4.69, 9.17) is 21.7 Å². The molecule has 0 saturated heterocycles. The number of halogens is 2. The first kappa shape index (κ1) is 23.1. The maximum Gasteiger partial charge on any atom is 0.276 e. The van der Waals surface area contributed by atoms with Gasteiger partial charge in [0.25, 0.3) is 11.8 Å². The highest BCUT2D eigenvalue weighted by molar-refractivity contribution is 9.11. The quantitative estimate of drug-likeness (QED) is 0.382. The number of nitrogens with one attached hydrogen (secondary N) is 3. The molecule has 0 bridgehead atoms. The minimum atomic E-state index is -0.466. The van der Waals surface area contributed by atoms with E-state index in [1.165, 1.54) is 0 Å². The SMILES string of the molecule is Cc1cccc(OCC(=O)NC(=S)NNC(=O)COc2c(C)cc(Br)cc2Br)c1. The van der Waals surface area contributed by atoms with Crippen molar-refractivity contribution in [2.24, 2.45) is 0 Å². The second kappa shape index (κ2) is 11.1. The van der Waals surface area contributed by atoms with Gasteiger partial charge in [0.1, 0.15) is 11.5 Å². The Hall–Kier alpha value is -2.17. The van der Waals surface area contributed by atoms with E-state index in [0.29, 0.717) is 11.5 Å². The summed E-state index contributed by atoms with van der Waals surface area (Å²) in [4.78, 5) is 23.8. The van der Waals surface area contributed by atoms with E-state index in [-0.39, 0.29) is 18.3 Å². The standard InChI is InChI=1S/C19H19Br2N3O4S/c1-11-4-3-5-14(6-11)27-9-16(25)22-19(29)24-23-17(26)10-28-18-12(2)7-13(20)8-15(18)21/h3-8H,9-10H2,1-2H3,(H,23,26)(H2,22,24,25,29). The van der Waals surface area contributed by atoms with E-state index in [1.807, 2.05) is 44.2 Å². The third-order valence-electron chi connectivity index (χ3n) is 3.47. The zero-order valence-electron chi connectivity index (χ0n) is 15.7. The van der Waals surface area contributed by atoms with Crippen molar-refractivity contribution in [3.05, 3.63) is 56.5 Å². The molecule has 2 rings (SSSR count). The average Bonchev–Trinajstić information content (AvgIpc) is 2.64. The Morgan fingerprint density at radius 2 is 1.72 bits per heavy atom. The summed E-state index contributed by atoms with van der Waals surface area (Å²) in [6.45, 7) is 3.35. The van der Waals surface area contributed by atoms with E-state index in [9.17, 15) is 9.59 Å². The van der Waals surface area contributed by atoms with Crippen LogP contribution >= 0.6 is 44.1 Å². The first-order chi connectivity index (χ1) is 13.7. The number of amides is 2. The molecule has 0 fully saturated rings. The van der Waals surface area contributed by atoms with Crippen LogP contribution in [0.2, 0.25) is 0 Å². The molecule has 0 aliphatic carbocycles. The molecule has 29 heavy (non-hydrogen) atoms. The van der Waals surface area contributed by atoms with Gasteiger partial charge in [-0.05, 0) is 77.4 Å². The Bertz CT molecular complexity index is 901. The van der Waals surface area contributed by atoms with E-state index in [2.05, 4.69) is 48.0 Å². The lowest BCUT2D eigenvalue weighted by Crippen LogP contribution is -2.50. The topological polar surface area (TPSA) is 88.7 Å². The highest BCUT2D eigenvalue weighted by Crippen LogP contribution is 2.32. The molecule has 3 N–H and O–H groups in total. The number of rotatable bonds is 6. The number of thiocarbonyl (C=S) groups is 1. The fraction of sp³-hybridized carbons (Fsp3) is 0.211. The molecular weight excluding hydrogens is 526 g/mol. The van der Waals surface area contributed by atoms with Gasteiger partial charge < -0.3 is 9.47 Å². The number of carbonyl (C=O) groups excluding carboxylic acids is 2. The van der Waals surface area contributed by atoms with Gasteiger partial charge in [0.2, 0.25) is 0 Å². The lowest BCUT2D eigenvalue weighted by atomic mass is 10.2. The van der Waals surface area contributed by atoms with Crippen LogP contribution in [0.4, 0.5) is 0 Å². The van der Waals surface area contributed by atoms with Crippen molar-refractivity contribution < 1.29 is 19.1 Å². The van der Waals surface area contributed by atoms with Crippen LogP contribution in [0.25, 0.3) is 0 Å². The molecule has 0 unspecified atom stereocenters. The van der Waals surface area contributed by atoms with Gasteiger partial charge in [-0.3, -0.25) is 25.8 Å². The van der Waals surface area contributed by atoms with Crippen LogP contribution in [0, 0.1) is 13.8 Å². The van der Waals surface area contributed by atoms with Gasteiger partial charge in [0.15, 0.2) is 18.3 Å². The number of hydrazine groups is 1. The van der Waals surface area contributed by atoms with Crippen LogP contribution in [0.5, 0.6) is 11.5 Å². The third kappa shape index (κ3) is 8.00. The van der Waals surface area contributed by atoms with Gasteiger partial charge in [0, 0.05) is 4.47 Å². The number of carbonyl (C=O) groups is 2. The summed E-state index contributed by atoms with van der Waals surface area (Å²) in [5, 5.41) is 2.35. The van der Waals surface area contributed by atoms with Gasteiger partial charge in [-0.1, -0.05) is 28.1 Å². The Morgan fingerprint density at radius 1 is 1.00 bits per heavy atom. The van der Waals surface area contributed by atoms with E-state index in [0.717, 1.165) is 20.1 Å². The van der Waals surface area contributed by atoms with Crippen LogP contribution in [0.1, 0.15) is 11.1 Å². The molecule has 2 amide bonds. The number of hydrogen-bond acceptors (Lipinski definition) is 5. The molecule has 0 aliphatic rings. The van der Waals surface area contributed by atoms with Crippen molar-refractivity contribution in [2.75, 3.05) is 13.2 Å². The first-order valence-electron chi connectivity index (χ1n) is 8.41. The van der Waals surface area contributed by atoms with E-state index < -0.39 is 11.8 Å². The molecular formula is C19H19Br2N3O4S.